The van der Waals surface area contributed by atoms with Crippen LogP contribution < -0.4 is 0 Å². The molecule has 2 aromatic rings. The highest BCUT2D eigenvalue weighted by atomic mass is 32.1. The van der Waals surface area contributed by atoms with Crippen LogP contribution in [0.5, 0.6) is 0 Å². The van der Waals surface area contributed by atoms with E-state index in [1.165, 1.54) is 10.4 Å². The van der Waals surface area contributed by atoms with E-state index in [0.29, 0.717) is 17.3 Å². The van der Waals surface area contributed by atoms with Crippen molar-refractivity contribution in [3.05, 3.63) is 19.9 Å². The van der Waals surface area contributed by atoms with Crippen molar-refractivity contribution in [3.63, 3.8) is 0 Å². The lowest BCUT2D eigenvalue weighted by Crippen LogP contribution is -2.26. The Kier molecular flexibility index (Phi) is 3.13. The standard InChI is InChI=1S/C12H14N2OS3/c1-5(2)7-3-6-8(4-15-7)18-11-9(6)10(16)13-12(17)14-11/h5,7H,3-4H2,1-2H3,(H2,13,14,16,17). The number of aromatic nitrogens is 2. The molecule has 0 saturated heterocycles. The molecule has 0 aromatic carbocycles. The first-order chi connectivity index (χ1) is 8.56. The van der Waals surface area contributed by atoms with Crippen molar-refractivity contribution in [3.8, 4) is 0 Å². The third kappa shape index (κ3) is 1.97. The van der Waals surface area contributed by atoms with Crippen LogP contribution in [0.15, 0.2) is 0 Å². The largest absolute Gasteiger partial charge is 0.372 e. The Morgan fingerprint density at radius 1 is 1.33 bits per heavy atom. The van der Waals surface area contributed by atoms with Crippen molar-refractivity contribution in [1.29, 1.82) is 0 Å². The quantitative estimate of drug-likeness (QED) is 0.778. The number of nitrogens with one attached hydrogen (secondary N) is 2. The van der Waals surface area contributed by atoms with Crippen LogP contribution in [0.25, 0.3) is 10.2 Å². The molecular formula is C12H14N2OS3. The number of rotatable bonds is 1. The summed E-state index contributed by atoms with van der Waals surface area (Å²) >= 11 is 12.2. The predicted octanol–water partition coefficient (Wildman–Crippen LogP) is 4.11. The van der Waals surface area contributed by atoms with Gasteiger partial charge in [0.1, 0.15) is 9.47 Å². The van der Waals surface area contributed by atoms with Gasteiger partial charge in [-0.25, -0.2) is 0 Å². The normalized spacial score (nSPS) is 19.4. The van der Waals surface area contributed by atoms with Crippen LogP contribution in [0.3, 0.4) is 0 Å². The number of fused-ring (bicyclic) bond motifs is 3. The zero-order valence-electron chi connectivity index (χ0n) is 10.2. The average molecular weight is 298 g/mol. The Balaban J connectivity index is 2.22. The van der Waals surface area contributed by atoms with Gasteiger partial charge in [-0.2, -0.15) is 0 Å². The molecule has 96 valence electrons. The molecule has 3 rings (SSSR count). The number of H-pyrrole nitrogens is 2. The van der Waals surface area contributed by atoms with Gasteiger partial charge in [-0.1, -0.05) is 26.1 Å². The Morgan fingerprint density at radius 3 is 2.83 bits per heavy atom. The first-order valence-electron chi connectivity index (χ1n) is 5.94. The molecule has 1 aliphatic rings. The predicted molar refractivity (Wildman–Crippen MR) is 79.3 cm³/mol. The lowest BCUT2D eigenvalue weighted by Gasteiger charge is -2.26. The molecule has 2 aromatic heterocycles. The van der Waals surface area contributed by atoms with Crippen LogP contribution in [0.1, 0.15) is 24.3 Å². The first kappa shape index (κ1) is 12.5. The monoisotopic (exact) mass is 298 g/mol. The fraction of sp³-hybridized carbons (Fsp3) is 0.500. The van der Waals surface area contributed by atoms with Gasteiger partial charge in [0.25, 0.3) is 0 Å². The van der Waals surface area contributed by atoms with Crippen molar-refractivity contribution < 1.29 is 4.74 Å². The van der Waals surface area contributed by atoms with E-state index < -0.39 is 0 Å². The third-order valence-electron chi connectivity index (χ3n) is 3.35. The summed E-state index contributed by atoms with van der Waals surface area (Å²) in [6, 6.07) is 0. The van der Waals surface area contributed by atoms with Crippen LogP contribution >= 0.6 is 35.8 Å². The van der Waals surface area contributed by atoms with E-state index in [2.05, 4.69) is 23.8 Å². The van der Waals surface area contributed by atoms with Gasteiger partial charge >= 0.3 is 0 Å². The van der Waals surface area contributed by atoms with Crippen LogP contribution in [0.2, 0.25) is 0 Å². The molecule has 0 aliphatic carbocycles. The molecule has 0 amide bonds. The fourth-order valence-corrected chi connectivity index (χ4v) is 4.23. The van der Waals surface area contributed by atoms with Crippen LogP contribution in [0, 0.1) is 15.3 Å². The van der Waals surface area contributed by atoms with E-state index in [9.17, 15) is 0 Å². The summed E-state index contributed by atoms with van der Waals surface area (Å²) in [5, 5.41) is 1.13. The van der Waals surface area contributed by atoms with Crippen LogP contribution in [-0.2, 0) is 17.8 Å². The SMILES string of the molecule is CC(C)C1Cc2c(sc3[nH]c(=S)[nH]c(=S)c23)CO1. The molecule has 0 radical (unpaired) electrons. The second-order valence-corrected chi connectivity index (χ2v) is 6.84. The summed E-state index contributed by atoms with van der Waals surface area (Å²) in [5.41, 5.74) is 1.34. The molecule has 3 nitrogen and oxygen atoms in total. The van der Waals surface area contributed by atoms with Crippen molar-refractivity contribution in [2.75, 3.05) is 0 Å². The molecule has 0 spiro atoms. The molecule has 2 N–H and O–H groups in total. The highest BCUT2D eigenvalue weighted by molar-refractivity contribution is 7.72. The van der Waals surface area contributed by atoms with Gasteiger partial charge in [0.15, 0.2) is 4.77 Å². The summed E-state index contributed by atoms with van der Waals surface area (Å²) in [6.45, 7) is 5.07. The first-order valence-corrected chi connectivity index (χ1v) is 7.58. The summed E-state index contributed by atoms with van der Waals surface area (Å²) < 4.78 is 7.23. The minimum absolute atomic E-state index is 0.285. The van der Waals surface area contributed by atoms with E-state index in [-0.39, 0.29) is 6.10 Å². The zero-order valence-corrected chi connectivity index (χ0v) is 12.7. The minimum Gasteiger partial charge on any atom is -0.372 e. The molecule has 1 aliphatic heterocycles. The Hall–Kier alpha value is -0.560. The number of ether oxygens (including phenoxy) is 1. The smallest absolute Gasteiger partial charge is 0.176 e. The van der Waals surface area contributed by atoms with E-state index in [1.807, 2.05) is 0 Å². The topological polar surface area (TPSA) is 40.8 Å². The highest BCUT2D eigenvalue weighted by Gasteiger charge is 2.26. The maximum absolute atomic E-state index is 5.89. The highest BCUT2D eigenvalue weighted by Crippen LogP contribution is 2.36. The molecule has 1 unspecified atom stereocenters. The number of thiophene rings is 1. The molecule has 0 fully saturated rings. The van der Waals surface area contributed by atoms with Crippen molar-refractivity contribution in [1.82, 2.24) is 9.97 Å². The van der Waals surface area contributed by atoms with Gasteiger partial charge in [-0.3, -0.25) is 0 Å². The molecule has 0 bridgehead atoms. The van der Waals surface area contributed by atoms with Gasteiger partial charge in [0.05, 0.1) is 12.7 Å². The Labute approximate surface area is 119 Å². The molecule has 6 heteroatoms. The molecule has 18 heavy (non-hydrogen) atoms. The average Bonchev–Trinajstić information content (AvgIpc) is 2.65. The number of hydrogen-bond acceptors (Lipinski definition) is 4. The van der Waals surface area contributed by atoms with E-state index in [4.69, 9.17) is 29.2 Å². The molecule has 1 atom stereocenters. The van der Waals surface area contributed by atoms with Gasteiger partial charge in [-0.15, -0.1) is 11.3 Å². The minimum atomic E-state index is 0.285. The number of hydrogen-bond donors (Lipinski definition) is 2. The zero-order chi connectivity index (χ0) is 12.9. The maximum atomic E-state index is 5.89. The maximum Gasteiger partial charge on any atom is 0.176 e. The Bertz CT molecular complexity index is 710. The lowest BCUT2D eigenvalue weighted by molar-refractivity contribution is 0.00201. The second-order valence-electron chi connectivity index (χ2n) is 4.91. The fourth-order valence-electron chi connectivity index (χ4n) is 2.34. The number of aromatic amines is 2. The summed E-state index contributed by atoms with van der Waals surface area (Å²) in [4.78, 5) is 8.57. The van der Waals surface area contributed by atoms with Crippen molar-refractivity contribution in [2.24, 2.45) is 5.92 Å². The van der Waals surface area contributed by atoms with Gasteiger partial charge in [-0.05, 0) is 23.7 Å². The van der Waals surface area contributed by atoms with Crippen LogP contribution in [-0.4, -0.2) is 16.1 Å². The third-order valence-corrected chi connectivity index (χ3v) is 4.98. The summed E-state index contributed by atoms with van der Waals surface area (Å²) in [6.07, 6.45) is 1.22. The molecule has 0 saturated carbocycles. The molecular weight excluding hydrogens is 284 g/mol. The summed E-state index contributed by atoms with van der Waals surface area (Å²) in [5.74, 6) is 0.521. The lowest BCUT2D eigenvalue weighted by atomic mass is 9.96. The summed E-state index contributed by atoms with van der Waals surface area (Å²) in [7, 11) is 0. The van der Waals surface area contributed by atoms with E-state index >= 15 is 0 Å². The molecule has 3 heterocycles. The van der Waals surface area contributed by atoms with Gasteiger partial charge in [0.2, 0.25) is 0 Å². The van der Waals surface area contributed by atoms with E-state index in [1.54, 1.807) is 11.3 Å². The van der Waals surface area contributed by atoms with Gasteiger partial charge in [0, 0.05) is 16.7 Å². The van der Waals surface area contributed by atoms with Gasteiger partial charge < -0.3 is 14.7 Å². The Morgan fingerprint density at radius 2 is 2.11 bits per heavy atom. The van der Waals surface area contributed by atoms with Crippen molar-refractivity contribution in [2.45, 2.75) is 33.0 Å². The second kappa shape index (κ2) is 4.52. The van der Waals surface area contributed by atoms with Crippen molar-refractivity contribution >= 4 is 46.0 Å². The van der Waals surface area contributed by atoms with E-state index in [0.717, 1.165) is 21.3 Å². The van der Waals surface area contributed by atoms with Crippen LogP contribution in [0.4, 0.5) is 0 Å².